The van der Waals surface area contributed by atoms with E-state index in [2.05, 4.69) is 15.6 Å². The highest BCUT2D eigenvalue weighted by molar-refractivity contribution is 7.89. The summed E-state index contributed by atoms with van der Waals surface area (Å²) in [7, 11) is -0.0238. The van der Waals surface area contributed by atoms with Crippen LogP contribution in [0.15, 0.2) is 58.4 Å². The third-order valence-electron chi connectivity index (χ3n) is 5.18. The summed E-state index contributed by atoms with van der Waals surface area (Å²) < 4.78 is 32.3. The second-order valence-corrected chi connectivity index (χ2v) is 9.17. The number of benzene rings is 2. The molecule has 2 aromatic carbocycles. The molecule has 3 rings (SSSR count). The lowest BCUT2D eigenvalue weighted by molar-refractivity contribution is 0.346. The van der Waals surface area contributed by atoms with E-state index in [0.717, 1.165) is 36.1 Å². The predicted molar refractivity (Wildman–Crippen MR) is 119 cm³/mol. The summed E-state index contributed by atoms with van der Waals surface area (Å²) in [6, 6.07) is 14.9. The predicted octanol–water partition coefficient (Wildman–Crippen LogP) is 2.74. The van der Waals surface area contributed by atoms with Crippen molar-refractivity contribution in [2.24, 2.45) is 4.99 Å². The molecular weight excluding hydrogens is 400 g/mol. The first kappa shape index (κ1) is 22.1. The van der Waals surface area contributed by atoms with E-state index >= 15 is 0 Å². The molecule has 0 bridgehead atoms. The quantitative estimate of drug-likeness (QED) is 0.521. The molecule has 0 unspecified atom stereocenters. The third-order valence-corrected chi connectivity index (χ3v) is 7.09. The van der Waals surface area contributed by atoms with Gasteiger partial charge in [0.15, 0.2) is 5.96 Å². The highest BCUT2D eigenvalue weighted by Crippen LogP contribution is 2.20. The molecule has 0 saturated carbocycles. The summed E-state index contributed by atoms with van der Waals surface area (Å²) in [6.45, 7) is 2.41. The van der Waals surface area contributed by atoms with Crippen LogP contribution in [0.4, 0.5) is 0 Å². The van der Waals surface area contributed by atoms with Crippen LogP contribution in [0, 0.1) is 0 Å². The van der Waals surface area contributed by atoms with E-state index in [0.29, 0.717) is 37.0 Å². The first-order valence-electron chi connectivity index (χ1n) is 10.2. The summed E-state index contributed by atoms with van der Waals surface area (Å²) in [5.74, 6) is 1.50. The topological polar surface area (TPSA) is 83.0 Å². The van der Waals surface area contributed by atoms with E-state index < -0.39 is 10.0 Å². The zero-order chi connectivity index (χ0) is 21.4. The van der Waals surface area contributed by atoms with Crippen molar-refractivity contribution >= 4 is 16.0 Å². The molecule has 1 aliphatic heterocycles. The lowest BCUT2D eigenvalue weighted by Crippen LogP contribution is -2.36. The Hall–Kier alpha value is -2.58. The van der Waals surface area contributed by atoms with Gasteiger partial charge in [0.25, 0.3) is 0 Å². The van der Waals surface area contributed by atoms with Crippen LogP contribution in [0.1, 0.15) is 30.4 Å². The smallest absolute Gasteiger partial charge is 0.243 e. The molecule has 1 aliphatic rings. The number of guanidine groups is 1. The molecule has 7 nitrogen and oxygen atoms in total. The molecule has 0 amide bonds. The van der Waals surface area contributed by atoms with Gasteiger partial charge in [0, 0.05) is 33.2 Å². The Bertz CT molecular complexity index is 935. The molecule has 30 heavy (non-hydrogen) atoms. The van der Waals surface area contributed by atoms with Gasteiger partial charge in [-0.05, 0) is 48.2 Å². The molecule has 1 fully saturated rings. The van der Waals surface area contributed by atoms with Crippen LogP contribution in [-0.2, 0) is 23.1 Å². The first-order chi connectivity index (χ1) is 14.5. The van der Waals surface area contributed by atoms with E-state index in [1.54, 1.807) is 30.6 Å². The molecule has 8 heteroatoms. The molecule has 1 heterocycles. The summed E-state index contributed by atoms with van der Waals surface area (Å²) >= 11 is 0. The van der Waals surface area contributed by atoms with E-state index in [9.17, 15) is 8.42 Å². The Labute approximate surface area is 179 Å². The summed E-state index contributed by atoms with van der Waals surface area (Å²) in [6.07, 6.45) is 2.97. The molecule has 0 aliphatic carbocycles. The number of rotatable bonds is 7. The molecule has 0 radical (unpaired) electrons. The molecule has 0 atom stereocenters. The SMILES string of the molecule is CN=C(NCc1ccc(OC)cc1)NCc1ccc(S(=O)(=O)N2CCCCC2)cc1. The monoisotopic (exact) mass is 430 g/mol. The van der Waals surface area contributed by atoms with Crippen molar-refractivity contribution in [1.29, 1.82) is 0 Å². The molecule has 2 aromatic rings. The molecule has 0 aromatic heterocycles. The van der Waals surface area contributed by atoms with Crippen LogP contribution in [0.3, 0.4) is 0 Å². The average Bonchev–Trinajstić information content (AvgIpc) is 2.80. The maximum atomic E-state index is 12.7. The van der Waals surface area contributed by atoms with Gasteiger partial charge in [-0.1, -0.05) is 30.7 Å². The van der Waals surface area contributed by atoms with Gasteiger partial charge in [-0.25, -0.2) is 8.42 Å². The van der Waals surface area contributed by atoms with Crippen molar-refractivity contribution in [3.05, 3.63) is 59.7 Å². The lowest BCUT2D eigenvalue weighted by Gasteiger charge is -2.25. The number of nitrogens with zero attached hydrogens (tertiary/aromatic N) is 2. The normalized spacial score (nSPS) is 15.6. The number of piperidine rings is 1. The average molecular weight is 431 g/mol. The molecule has 162 valence electrons. The number of aliphatic imine (C=N–C) groups is 1. The van der Waals surface area contributed by atoms with Crippen LogP contribution in [-0.4, -0.2) is 45.9 Å². The second-order valence-electron chi connectivity index (χ2n) is 7.24. The number of methoxy groups -OCH3 is 1. The second kappa shape index (κ2) is 10.4. The number of hydrogen-bond donors (Lipinski definition) is 2. The number of ether oxygens (including phenoxy) is 1. The fourth-order valence-electron chi connectivity index (χ4n) is 3.37. The minimum absolute atomic E-state index is 0.357. The van der Waals surface area contributed by atoms with Crippen LogP contribution < -0.4 is 15.4 Å². The van der Waals surface area contributed by atoms with Crippen LogP contribution in [0.2, 0.25) is 0 Å². The van der Waals surface area contributed by atoms with E-state index in [-0.39, 0.29) is 0 Å². The zero-order valence-electron chi connectivity index (χ0n) is 17.6. The Morgan fingerprint density at radius 1 is 0.933 bits per heavy atom. The van der Waals surface area contributed by atoms with Gasteiger partial charge in [-0.2, -0.15) is 4.31 Å². The maximum Gasteiger partial charge on any atom is 0.243 e. The van der Waals surface area contributed by atoms with Gasteiger partial charge in [0.1, 0.15) is 5.75 Å². The highest BCUT2D eigenvalue weighted by atomic mass is 32.2. The molecule has 2 N–H and O–H groups in total. The molecule has 0 spiro atoms. The maximum absolute atomic E-state index is 12.7. The molecule has 1 saturated heterocycles. The largest absolute Gasteiger partial charge is 0.497 e. The van der Waals surface area contributed by atoms with Crippen molar-refractivity contribution in [1.82, 2.24) is 14.9 Å². The van der Waals surface area contributed by atoms with Gasteiger partial charge in [-0.3, -0.25) is 4.99 Å². The third kappa shape index (κ3) is 5.73. The fourth-order valence-corrected chi connectivity index (χ4v) is 4.89. The minimum atomic E-state index is -3.39. The van der Waals surface area contributed by atoms with Crippen LogP contribution in [0.25, 0.3) is 0 Å². The van der Waals surface area contributed by atoms with Gasteiger partial charge in [-0.15, -0.1) is 0 Å². The molecular formula is C22H30N4O3S. The summed E-state index contributed by atoms with van der Waals surface area (Å²) in [4.78, 5) is 4.59. The van der Waals surface area contributed by atoms with Gasteiger partial charge in [0.2, 0.25) is 10.0 Å². The van der Waals surface area contributed by atoms with Crippen molar-refractivity contribution in [3.8, 4) is 5.75 Å². The number of sulfonamides is 1. The van der Waals surface area contributed by atoms with E-state index in [1.165, 1.54) is 0 Å². The summed E-state index contributed by atoms with van der Waals surface area (Å²) in [5.41, 5.74) is 2.10. The van der Waals surface area contributed by atoms with Crippen molar-refractivity contribution in [2.45, 2.75) is 37.2 Å². The van der Waals surface area contributed by atoms with Gasteiger partial charge >= 0.3 is 0 Å². The minimum Gasteiger partial charge on any atom is -0.497 e. The van der Waals surface area contributed by atoms with Crippen molar-refractivity contribution < 1.29 is 13.2 Å². The Morgan fingerprint density at radius 3 is 1.97 bits per heavy atom. The summed E-state index contributed by atoms with van der Waals surface area (Å²) in [5, 5.41) is 6.52. The number of hydrogen-bond acceptors (Lipinski definition) is 4. The van der Waals surface area contributed by atoms with Gasteiger partial charge < -0.3 is 15.4 Å². The lowest BCUT2D eigenvalue weighted by atomic mass is 10.2. The Balaban J connectivity index is 1.52. The van der Waals surface area contributed by atoms with Crippen LogP contribution in [0.5, 0.6) is 5.75 Å². The van der Waals surface area contributed by atoms with Crippen LogP contribution >= 0.6 is 0 Å². The van der Waals surface area contributed by atoms with Gasteiger partial charge in [0.05, 0.1) is 12.0 Å². The zero-order valence-corrected chi connectivity index (χ0v) is 18.4. The standard InChI is InChI=1S/C22H30N4O3S/c1-23-22(24-16-18-6-10-20(29-2)11-7-18)25-17-19-8-12-21(13-9-19)30(27,28)26-14-4-3-5-15-26/h6-13H,3-5,14-17H2,1-2H3,(H2,23,24,25). The van der Waals surface area contributed by atoms with Crippen molar-refractivity contribution in [3.63, 3.8) is 0 Å². The number of nitrogens with one attached hydrogen (secondary N) is 2. The Kier molecular flexibility index (Phi) is 7.70. The highest BCUT2D eigenvalue weighted by Gasteiger charge is 2.25. The fraction of sp³-hybridized carbons (Fsp3) is 0.409. The Morgan fingerprint density at radius 2 is 1.47 bits per heavy atom. The van der Waals surface area contributed by atoms with Crippen molar-refractivity contribution in [2.75, 3.05) is 27.2 Å². The first-order valence-corrected chi connectivity index (χ1v) is 11.6. The van der Waals surface area contributed by atoms with E-state index in [1.807, 2.05) is 36.4 Å². The van der Waals surface area contributed by atoms with E-state index in [4.69, 9.17) is 4.74 Å².